The highest BCUT2D eigenvalue weighted by Gasteiger charge is 2.17. The fourth-order valence-electron chi connectivity index (χ4n) is 3.60. The first-order valence-electron chi connectivity index (χ1n) is 9.78. The fraction of sp³-hybridized carbons (Fsp3) is 0.250. The summed E-state index contributed by atoms with van der Waals surface area (Å²) in [5.74, 6) is 2.75. The molecule has 0 aliphatic rings. The van der Waals surface area contributed by atoms with E-state index in [1.54, 1.807) is 14.2 Å². The van der Waals surface area contributed by atoms with Crippen LogP contribution in [0.1, 0.15) is 17.0 Å². The van der Waals surface area contributed by atoms with Crippen molar-refractivity contribution in [1.82, 2.24) is 14.9 Å². The molecule has 0 saturated heterocycles. The van der Waals surface area contributed by atoms with Crippen molar-refractivity contribution in [3.8, 4) is 23.0 Å². The molecule has 0 amide bonds. The van der Waals surface area contributed by atoms with Crippen LogP contribution in [0.2, 0.25) is 0 Å². The monoisotopic (exact) mass is 403 g/mol. The van der Waals surface area contributed by atoms with Crippen LogP contribution in [-0.2, 0) is 13.1 Å². The standard InChI is InChI=1S/C24H25N3O3/c1-16-22(26-24(30-16)21-12-19(28-3)8-9-23(21)29-4)15-27(2)14-18-7-5-6-17-13-25-11-10-20(17)18/h5-13H,14-15H2,1-4H3. The summed E-state index contributed by atoms with van der Waals surface area (Å²) >= 11 is 0. The number of rotatable bonds is 7. The molecule has 0 atom stereocenters. The molecule has 0 saturated carbocycles. The van der Waals surface area contributed by atoms with Crippen molar-refractivity contribution >= 4 is 10.8 Å². The molecular weight excluding hydrogens is 378 g/mol. The number of aryl methyl sites for hydroxylation is 1. The van der Waals surface area contributed by atoms with E-state index < -0.39 is 0 Å². The van der Waals surface area contributed by atoms with Gasteiger partial charge in [-0.1, -0.05) is 18.2 Å². The minimum atomic E-state index is 0.530. The molecule has 0 unspecified atom stereocenters. The molecule has 0 N–H and O–H groups in total. The number of pyridine rings is 1. The van der Waals surface area contributed by atoms with Gasteiger partial charge in [0.1, 0.15) is 17.3 Å². The molecule has 0 fully saturated rings. The van der Waals surface area contributed by atoms with Gasteiger partial charge in [-0.3, -0.25) is 9.88 Å². The second-order valence-electron chi connectivity index (χ2n) is 7.27. The number of fused-ring (bicyclic) bond motifs is 1. The molecular formula is C24H25N3O3. The van der Waals surface area contributed by atoms with E-state index >= 15 is 0 Å². The number of hydrogen-bond acceptors (Lipinski definition) is 6. The van der Waals surface area contributed by atoms with Gasteiger partial charge in [0.05, 0.1) is 25.5 Å². The number of hydrogen-bond donors (Lipinski definition) is 0. The Morgan fingerprint density at radius 3 is 2.70 bits per heavy atom. The average Bonchev–Trinajstić information content (AvgIpc) is 3.13. The van der Waals surface area contributed by atoms with Gasteiger partial charge < -0.3 is 13.9 Å². The molecule has 2 heterocycles. The maximum atomic E-state index is 5.98. The Kier molecular flexibility index (Phi) is 5.68. The van der Waals surface area contributed by atoms with Crippen LogP contribution in [0.4, 0.5) is 0 Å². The zero-order valence-corrected chi connectivity index (χ0v) is 17.7. The summed E-state index contributed by atoms with van der Waals surface area (Å²) in [7, 11) is 5.35. The van der Waals surface area contributed by atoms with Crippen LogP contribution in [0.5, 0.6) is 11.5 Å². The van der Waals surface area contributed by atoms with Crippen molar-refractivity contribution in [3.63, 3.8) is 0 Å². The van der Waals surface area contributed by atoms with Gasteiger partial charge in [0.15, 0.2) is 0 Å². The van der Waals surface area contributed by atoms with Crippen LogP contribution >= 0.6 is 0 Å². The molecule has 0 aliphatic carbocycles. The lowest BCUT2D eigenvalue weighted by Crippen LogP contribution is -2.18. The minimum absolute atomic E-state index is 0.530. The Morgan fingerprint density at radius 2 is 1.90 bits per heavy atom. The zero-order chi connectivity index (χ0) is 21.1. The molecule has 4 rings (SSSR count). The molecule has 6 nitrogen and oxygen atoms in total. The van der Waals surface area contributed by atoms with Crippen molar-refractivity contribution in [3.05, 3.63) is 71.9 Å². The van der Waals surface area contributed by atoms with E-state index in [0.29, 0.717) is 18.2 Å². The van der Waals surface area contributed by atoms with Crippen LogP contribution in [0.3, 0.4) is 0 Å². The van der Waals surface area contributed by atoms with Gasteiger partial charge in [0.2, 0.25) is 5.89 Å². The van der Waals surface area contributed by atoms with Gasteiger partial charge in [-0.2, -0.15) is 0 Å². The van der Waals surface area contributed by atoms with Crippen molar-refractivity contribution in [1.29, 1.82) is 0 Å². The van der Waals surface area contributed by atoms with Crippen LogP contribution in [0.25, 0.3) is 22.2 Å². The molecule has 0 bridgehead atoms. The summed E-state index contributed by atoms with van der Waals surface area (Å²) in [5.41, 5.74) is 2.93. The van der Waals surface area contributed by atoms with Gasteiger partial charge >= 0.3 is 0 Å². The third kappa shape index (κ3) is 4.00. The number of nitrogens with zero attached hydrogens (tertiary/aromatic N) is 3. The lowest BCUT2D eigenvalue weighted by Gasteiger charge is -2.17. The molecule has 4 aromatic rings. The molecule has 2 aromatic carbocycles. The first kappa shape index (κ1) is 19.9. The van der Waals surface area contributed by atoms with E-state index in [1.807, 2.05) is 37.5 Å². The summed E-state index contributed by atoms with van der Waals surface area (Å²) in [6.07, 6.45) is 3.73. The highest BCUT2D eigenvalue weighted by molar-refractivity contribution is 5.84. The number of oxazole rings is 1. The molecule has 6 heteroatoms. The predicted octanol–water partition coefficient (Wildman–Crippen LogP) is 4.85. The topological polar surface area (TPSA) is 60.6 Å². The Morgan fingerprint density at radius 1 is 1.03 bits per heavy atom. The Bertz CT molecular complexity index is 1160. The maximum Gasteiger partial charge on any atom is 0.230 e. The predicted molar refractivity (Wildman–Crippen MR) is 117 cm³/mol. The van der Waals surface area contributed by atoms with Crippen LogP contribution in [-0.4, -0.2) is 36.1 Å². The summed E-state index contributed by atoms with van der Waals surface area (Å²) in [6, 6.07) is 14.0. The Hall–Kier alpha value is -3.38. The quantitative estimate of drug-likeness (QED) is 0.440. The van der Waals surface area contributed by atoms with Gasteiger partial charge in [-0.15, -0.1) is 0 Å². The smallest absolute Gasteiger partial charge is 0.230 e. The van der Waals surface area contributed by atoms with Crippen molar-refractivity contribution in [2.45, 2.75) is 20.0 Å². The van der Waals surface area contributed by atoms with Crippen molar-refractivity contribution in [2.24, 2.45) is 0 Å². The Labute approximate surface area is 176 Å². The first-order chi connectivity index (χ1) is 14.6. The summed E-state index contributed by atoms with van der Waals surface area (Å²) in [6.45, 7) is 3.41. The highest BCUT2D eigenvalue weighted by atomic mass is 16.5. The largest absolute Gasteiger partial charge is 0.497 e. The lowest BCUT2D eigenvalue weighted by molar-refractivity contribution is 0.314. The van der Waals surface area contributed by atoms with Crippen molar-refractivity contribution < 1.29 is 13.9 Å². The second kappa shape index (κ2) is 8.55. The minimum Gasteiger partial charge on any atom is -0.497 e. The molecule has 2 aromatic heterocycles. The van der Waals surface area contributed by atoms with Gasteiger partial charge in [-0.05, 0) is 49.2 Å². The molecule has 30 heavy (non-hydrogen) atoms. The summed E-state index contributed by atoms with van der Waals surface area (Å²) in [5, 5.41) is 2.37. The van der Waals surface area contributed by atoms with E-state index in [-0.39, 0.29) is 0 Å². The second-order valence-corrected chi connectivity index (χ2v) is 7.27. The fourth-order valence-corrected chi connectivity index (χ4v) is 3.60. The lowest BCUT2D eigenvalue weighted by atomic mass is 10.1. The third-order valence-corrected chi connectivity index (χ3v) is 5.16. The first-order valence-corrected chi connectivity index (χ1v) is 9.78. The van der Waals surface area contributed by atoms with Gasteiger partial charge in [-0.25, -0.2) is 4.98 Å². The number of methoxy groups -OCH3 is 2. The average molecular weight is 403 g/mol. The SMILES string of the molecule is COc1ccc(OC)c(-c2nc(CN(C)Cc3cccc4cnccc34)c(C)o2)c1. The normalized spacial score (nSPS) is 11.2. The van der Waals surface area contributed by atoms with Crippen LogP contribution < -0.4 is 9.47 Å². The maximum absolute atomic E-state index is 5.98. The van der Waals surface area contributed by atoms with E-state index in [0.717, 1.165) is 34.7 Å². The van der Waals surface area contributed by atoms with E-state index in [4.69, 9.17) is 18.9 Å². The molecule has 0 spiro atoms. The Balaban J connectivity index is 1.57. The van der Waals surface area contributed by atoms with E-state index in [9.17, 15) is 0 Å². The molecule has 154 valence electrons. The number of aromatic nitrogens is 2. The van der Waals surface area contributed by atoms with Gasteiger partial charge in [0.25, 0.3) is 0 Å². The molecule has 0 aliphatic heterocycles. The van der Waals surface area contributed by atoms with Gasteiger partial charge in [0, 0.05) is 30.9 Å². The molecule has 0 radical (unpaired) electrons. The van der Waals surface area contributed by atoms with Crippen molar-refractivity contribution in [2.75, 3.05) is 21.3 Å². The number of ether oxygens (including phenoxy) is 2. The number of benzene rings is 2. The van der Waals surface area contributed by atoms with E-state index in [1.165, 1.54) is 10.9 Å². The summed E-state index contributed by atoms with van der Waals surface area (Å²) < 4.78 is 16.8. The third-order valence-electron chi connectivity index (χ3n) is 5.16. The highest BCUT2D eigenvalue weighted by Crippen LogP contribution is 2.34. The van der Waals surface area contributed by atoms with E-state index in [2.05, 4.69) is 41.2 Å². The van der Waals surface area contributed by atoms with Crippen LogP contribution in [0, 0.1) is 6.92 Å². The zero-order valence-electron chi connectivity index (χ0n) is 17.7. The summed E-state index contributed by atoms with van der Waals surface area (Å²) in [4.78, 5) is 11.2. The van der Waals surface area contributed by atoms with Crippen LogP contribution in [0.15, 0.2) is 59.3 Å².